The van der Waals surface area contributed by atoms with Crippen LogP contribution >= 0.6 is 0 Å². The third kappa shape index (κ3) is 42.5. The number of rotatable bonds is 47. The van der Waals surface area contributed by atoms with Crippen molar-refractivity contribution >= 4 is 11.9 Å². The van der Waals surface area contributed by atoms with Crippen LogP contribution in [0.3, 0.4) is 0 Å². The number of hydrogen-bond donors (Lipinski definition) is 1. The van der Waals surface area contributed by atoms with Gasteiger partial charge in [-0.2, -0.15) is 0 Å². The number of carbonyl (C=O) groups excluding carboxylic acids is 2. The lowest BCUT2D eigenvalue weighted by molar-refractivity contribution is -0.150. The van der Waals surface area contributed by atoms with Gasteiger partial charge in [-0.05, 0) is 70.9 Å². The van der Waals surface area contributed by atoms with Crippen LogP contribution in [-0.2, 0) is 19.1 Å². The van der Waals surface area contributed by atoms with E-state index >= 15 is 0 Å². The molecule has 0 heterocycles. The molecule has 6 heteroatoms. The van der Waals surface area contributed by atoms with Gasteiger partial charge in [0.15, 0.2) is 0 Å². The lowest BCUT2D eigenvalue weighted by Gasteiger charge is -2.21. The van der Waals surface area contributed by atoms with Crippen LogP contribution in [0.4, 0.5) is 0 Å². The Morgan fingerprint density at radius 1 is 0.411 bits per heavy atom. The van der Waals surface area contributed by atoms with Crippen molar-refractivity contribution in [2.24, 2.45) is 0 Å². The van der Waals surface area contributed by atoms with Gasteiger partial charge in [0.2, 0.25) is 0 Å². The van der Waals surface area contributed by atoms with E-state index in [9.17, 15) is 14.7 Å². The van der Waals surface area contributed by atoms with Crippen LogP contribution in [0.5, 0.6) is 0 Å². The summed E-state index contributed by atoms with van der Waals surface area (Å²) in [4.78, 5) is 27.2. The standard InChI is InChI=1S/C50H99NO5/c1-4-7-10-13-16-17-18-24-31-38-47-55-49(53)41-34-27-20-22-29-36-43-51(45-46-52)44-37-30-23-21-28-35-42-50(54)56-48(39-32-25-15-12-9-6-3)40-33-26-19-14-11-8-5-2/h48,52H,4-47H2,1-3H3. The molecule has 0 fully saturated rings. The highest BCUT2D eigenvalue weighted by molar-refractivity contribution is 5.69. The molecule has 0 rings (SSSR count). The van der Waals surface area contributed by atoms with E-state index in [2.05, 4.69) is 25.7 Å². The van der Waals surface area contributed by atoms with Crippen LogP contribution in [-0.4, -0.2) is 60.9 Å². The van der Waals surface area contributed by atoms with Crippen LogP contribution < -0.4 is 0 Å². The molecule has 6 nitrogen and oxygen atoms in total. The first-order chi connectivity index (χ1) is 27.6. The largest absolute Gasteiger partial charge is 0.466 e. The Morgan fingerprint density at radius 3 is 1.16 bits per heavy atom. The van der Waals surface area contributed by atoms with Crippen molar-refractivity contribution < 1.29 is 24.2 Å². The summed E-state index contributed by atoms with van der Waals surface area (Å²) in [5.41, 5.74) is 0. The van der Waals surface area contributed by atoms with Crippen molar-refractivity contribution in [2.45, 2.75) is 277 Å². The maximum atomic E-state index is 12.7. The van der Waals surface area contributed by atoms with E-state index in [0.29, 0.717) is 19.4 Å². The maximum Gasteiger partial charge on any atom is 0.306 e. The smallest absolute Gasteiger partial charge is 0.306 e. The monoisotopic (exact) mass is 794 g/mol. The van der Waals surface area contributed by atoms with Crippen LogP contribution in [0.1, 0.15) is 271 Å². The van der Waals surface area contributed by atoms with Crippen molar-refractivity contribution in [3.8, 4) is 0 Å². The Bertz CT molecular complexity index is 791. The van der Waals surface area contributed by atoms with Gasteiger partial charge in [0.1, 0.15) is 6.10 Å². The second-order valence-corrected chi connectivity index (χ2v) is 17.3. The van der Waals surface area contributed by atoms with E-state index in [4.69, 9.17) is 9.47 Å². The van der Waals surface area contributed by atoms with E-state index in [1.54, 1.807) is 0 Å². The summed E-state index contributed by atoms with van der Waals surface area (Å²) in [5, 5.41) is 9.58. The average Bonchev–Trinajstić information content (AvgIpc) is 3.19. The topological polar surface area (TPSA) is 76.1 Å². The number of carbonyl (C=O) groups is 2. The van der Waals surface area contributed by atoms with Crippen LogP contribution in [0.15, 0.2) is 0 Å². The van der Waals surface area contributed by atoms with Crippen molar-refractivity contribution in [3.63, 3.8) is 0 Å². The predicted molar refractivity (Wildman–Crippen MR) is 241 cm³/mol. The Kier molecular flexibility index (Phi) is 45.6. The van der Waals surface area contributed by atoms with Crippen molar-refractivity contribution in [1.82, 2.24) is 4.90 Å². The fourth-order valence-corrected chi connectivity index (χ4v) is 7.94. The fourth-order valence-electron chi connectivity index (χ4n) is 7.94. The molecule has 0 radical (unpaired) electrons. The van der Waals surface area contributed by atoms with E-state index in [1.807, 2.05) is 0 Å². The second-order valence-electron chi connectivity index (χ2n) is 17.3. The summed E-state index contributed by atoms with van der Waals surface area (Å²) in [6.07, 6.45) is 46.9. The predicted octanol–water partition coefficient (Wildman–Crippen LogP) is 15.0. The highest BCUT2D eigenvalue weighted by Crippen LogP contribution is 2.19. The minimum atomic E-state index is -0.0168. The molecule has 0 aliphatic heterocycles. The number of aliphatic hydroxyl groups excluding tert-OH is 1. The Labute approximate surface area is 350 Å². The molecule has 0 amide bonds. The van der Waals surface area contributed by atoms with Gasteiger partial charge in [-0.25, -0.2) is 0 Å². The first-order valence-corrected chi connectivity index (χ1v) is 25.3. The first-order valence-electron chi connectivity index (χ1n) is 25.3. The molecule has 1 unspecified atom stereocenters. The number of esters is 2. The average molecular weight is 794 g/mol. The molecular formula is C50H99NO5. The summed E-state index contributed by atoms with van der Waals surface area (Å²) in [5.74, 6) is 0.00944. The molecule has 56 heavy (non-hydrogen) atoms. The van der Waals surface area contributed by atoms with Crippen LogP contribution in [0, 0.1) is 0 Å². The maximum absolute atomic E-state index is 12.7. The molecule has 0 spiro atoms. The molecular weight excluding hydrogens is 695 g/mol. The van der Waals surface area contributed by atoms with Crippen molar-refractivity contribution in [3.05, 3.63) is 0 Å². The van der Waals surface area contributed by atoms with Crippen molar-refractivity contribution in [1.29, 1.82) is 0 Å². The minimum Gasteiger partial charge on any atom is -0.466 e. The van der Waals surface area contributed by atoms with E-state index in [-0.39, 0.29) is 24.6 Å². The first kappa shape index (κ1) is 54.9. The number of unbranched alkanes of at least 4 members (excludes halogenated alkanes) is 30. The Morgan fingerprint density at radius 2 is 0.750 bits per heavy atom. The molecule has 334 valence electrons. The molecule has 1 N–H and O–H groups in total. The zero-order chi connectivity index (χ0) is 40.8. The fraction of sp³-hybridized carbons (Fsp3) is 0.960. The lowest BCUT2D eigenvalue weighted by Crippen LogP contribution is -2.29. The molecule has 0 saturated heterocycles. The quantitative estimate of drug-likeness (QED) is 0.0488. The normalized spacial score (nSPS) is 12.1. The number of aliphatic hydroxyl groups is 1. The summed E-state index contributed by atoms with van der Waals surface area (Å²) < 4.78 is 11.5. The van der Waals surface area contributed by atoms with Gasteiger partial charge in [-0.15, -0.1) is 0 Å². The molecule has 0 bridgehead atoms. The molecule has 1 atom stereocenters. The molecule has 0 aromatic rings. The highest BCUT2D eigenvalue weighted by Gasteiger charge is 2.14. The summed E-state index contributed by atoms with van der Waals surface area (Å²) >= 11 is 0. The van der Waals surface area contributed by atoms with Gasteiger partial charge in [-0.3, -0.25) is 9.59 Å². The summed E-state index contributed by atoms with van der Waals surface area (Å²) in [6, 6.07) is 0. The van der Waals surface area contributed by atoms with Gasteiger partial charge < -0.3 is 19.5 Å². The molecule has 0 saturated carbocycles. The van der Waals surface area contributed by atoms with Gasteiger partial charge >= 0.3 is 11.9 Å². The lowest BCUT2D eigenvalue weighted by atomic mass is 10.0. The van der Waals surface area contributed by atoms with Crippen LogP contribution in [0.2, 0.25) is 0 Å². The zero-order valence-corrected chi connectivity index (χ0v) is 38.2. The number of hydrogen-bond acceptors (Lipinski definition) is 6. The van der Waals surface area contributed by atoms with E-state index < -0.39 is 0 Å². The van der Waals surface area contributed by atoms with E-state index in [0.717, 1.165) is 64.6 Å². The van der Waals surface area contributed by atoms with Gasteiger partial charge in [0.05, 0.1) is 13.2 Å². The van der Waals surface area contributed by atoms with Crippen LogP contribution in [0.25, 0.3) is 0 Å². The summed E-state index contributed by atoms with van der Waals surface area (Å²) in [6.45, 7) is 10.5. The van der Waals surface area contributed by atoms with E-state index in [1.165, 1.54) is 193 Å². The van der Waals surface area contributed by atoms with Gasteiger partial charge in [-0.1, -0.05) is 201 Å². The third-order valence-corrected chi connectivity index (χ3v) is 11.7. The highest BCUT2D eigenvalue weighted by atomic mass is 16.5. The molecule has 0 aromatic carbocycles. The third-order valence-electron chi connectivity index (χ3n) is 11.7. The molecule has 0 aliphatic carbocycles. The number of ether oxygens (including phenoxy) is 2. The summed E-state index contributed by atoms with van der Waals surface area (Å²) in [7, 11) is 0. The molecule has 0 aliphatic rings. The second kappa shape index (κ2) is 46.5. The minimum absolute atomic E-state index is 0.0168. The molecule has 0 aromatic heterocycles. The van der Waals surface area contributed by atoms with Gasteiger partial charge in [0, 0.05) is 19.4 Å². The zero-order valence-electron chi connectivity index (χ0n) is 38.2. The van der Waals surface area contributed by atoms with Gasteiger partial charge in [0.25, 0.3) is 0 Å². The Balaban J connectivity index is 3.86. The van der Waals surface area contributed by atoms with Crippen molar-refractivity contribution in [2.75, 3.05) is 32.8 Å². The Hall–Kier alpha value is -1.14. The SMILES string of the molecule is CCCCCCCCCCCCOC(=O)CCCCCCCCN(CCO)CCCCCCCCC(=O)OC(CCCCCCCC)CCCCCCCCC. The number of nitrogens with zero attached hydrogens (tertiary/aromatic N) is 1.